The van der Waals surface area contributed by atoms with E-state index in [4.69, 9.17) is 16.7 Å². The summed E-state index contributed by atoms with van der Waals surface area (Å²) in [7, 11) is 0. The monoisotopic (exact) mass is 277 g/mol. The van der Waals surface area contributed by atoms with Crippen LogP contribution in [0.4, 0.5) is 5.69 Å². The van der Waals surface area contributed by atoms with Crippen LogP contribution in [0.25, 0.3) is 0 Å². The third kappa shape index (κ3) is 3.39. The Morgan fingerprint density at radius 2 is 1.74 bits per heavy atom. The number of phenolic OH excluding ortho intramolecular Hbond substituents is 2. The summed E-state index contributed by atoms with van der Waals surface area (Å²) < 4.78 is 0. The number of carbonyl (C=O) groups is 1. The molecule has 0 aliphatic heterocycles. The number of carbonyl (C=O) groups excluding carboxylic acids is 1. The molecule has 98 valence electrons. The molecular weight excluding hydrogens is 266 g/mol. The summed E-state index contributed by atoms with van der Waals surface area (Å²) in [5, 5.41) is 22.1. The van der Waals surface area contributed by atoms with Crippen molar-refractivity contribution in [3.8, 4) is 11.5 Å². The fraction of sp³-hybridized carbons (Fsp3) is 0.0714. The molecule has 0 atom stereocenters. The molecule has 0 amide bonds. The Bertz CT molecular complexity index is 596. The summed E-state index contributed by atoms with van der Waals surface area (Å²) in [6.45, 7) is 0.0891. The Morgan fingerprint density at radius 1 is 1.05 bits per heavy atom. The van der Waals surface area contributed by atoms with Crippen LogP contribution in [0.15, 0.2) is 42.5 Å². The zero-order chi connectivity index (χ0) is 13.8. The van der Waals surface area contributed by atoms with E-state index < -0.39 is 0 Å². The maximum Gasteiger partial charge on any atom is 0.181 e. The van der Waals surface area contributed by atoms with Gasteiger partial charge in [-0.2, -0.15) is 0 Å². The minimum atomic E-state index is -0.308. The molecule has 0 unspecified atom stereocenters. The maximum absolute atomic E-state index is 11.9. The van der Waals surface area contributed by atoms with Crippen molar-refractivity contribution in [2.75, 3.05) is 11.9 Å². The van der Waals surface area contributed by atoms with Gasteiger partial charge >= 0.3 is 0 Å². The minimum Gasteiger partial charge on any atom is -0.504 e. The number of ketones is 1. The van der Waals surface area contributed by atoms with Crippen LogP contribution in [0.1, 0.15) is 10.4 Å². The topological polar surface area (TPSA) is 69.6 Å². The Labute approximate surface area is 115 Å². The first-order chi connectivity index (χ1) is 9.06. The van der Waals surface area contributed by atoms with Crippen LogP contribution in [-0.4, -0.2) is 22.5 Å². The fourth-order valence-electron chi connectivity index (χ4n) is 1.55. The maximum atomic E-state index is 11.9. The van der Waals surface area contributed by atoms with Gasteiger partial charge in [0.05, 0.1) is 6.54 Å². The van der Waals surface area contributed by atoms with Crippen LogP contribution in [0, 0.1) is 0 Å². The van der Waals surface area contributed by atoms with E-state index in [9.17, 15) is 9.90 Å². The number of hydrogen-bond acceptors (Lipinski definition) is 4. The van der Waals surface area contributed by atoms with Gasteiger partial charge in [-0.05, 0) is 42.5 Å². The van der Waals surface area contributed by atoms with Crippen molar-refractivity contribution < 1.29 is 15.0 Å². The van der Waals surface area contributed by atoms with Gasteiger partial charge in [0.15, 0.2) is 17.3 Å². The average molecular weight is 278 g/mol. The second kappa shape index (κ2) is 5.63. The highest BCUT2D eigenvalue weighted by atomic mass is 35.5. The first kappa shape index (κ1) is 13.2. The van der Waals surface area contributed by atoms with Crippen LogP contribution >= 0.6 is 11.6 Å². The zero-order valence-electron chi connectivity index (χ0n) is 9.93. The van der Waals surface area contributed by atoms with Gasteiger partial charge in [-0.15, -0.1) is 0 Å². The van der Waals surface area contributed by atoms with Crippen molar-refractivity contribution in [1.29, 1.82) is 0 Å². The van der Waals surface area contributed by atoms with Crippen LogP contribution in [0.3, 0.4) is 0 Å². The second-order valence-electron chi connectivity index (χ2n) is 3.99. The third-order valence-corrected chi connectivity index (χ3v) is 2.85. The largest absolute Gasteiger partial charge is 0.504 e. The summed E-state index contributed by atoms with van der Waals surface area (Å²) in [5.41, 5.74) is 1.11. The lowest BCUT2D eigenvalue weighted by atomic mass is 10.1. The summed E-state index contributed by atoms with van der Waals surface area (Å²) in [5.74, 6) is -0.746. The molecule has 2 aromatic carbocycles. The van der Waals surface area contributed by atoms with Crippen molar-refractivity contribution in [2.24, 2.45) is 0 Å². The normalized spacial score (nSPS) is 10.2. The van der Waals surface area contributed by atoms with Crippen LogP contribution in [0.5, 0.6) is 11.5 Å². The summed E-state index contributed by atoms with van der Waals surface area (Å²) in [4.78, 5) is 11.9. The number of halogens is 1. The first-order valence-electron chi connectivity index (χ1n) is 5.61. The van der Waals surface area contributed by atoms with Crippen molar-refractivity contribution in [2.45, 2.75) is 0 Å². The molecule has 0 heterocycles. The van der Waals surface area contributed by atoms with E-state index in [1.54, 1.807) is 24.3 Å². The molecule has 4 nitrogen and oxygen atoms in total. The van der Waals surface area contributed by atoms with E-state index in [1.165, 1.54) is 18.2 Å². The number of nitrogens with one attached hydrogen (secondary N) is 1. The molecule has 0 aliphatic rings. The van der Waals surface area contributed by atoms with Gasteiger partial charge in [0.25, 0.3) is 0 Å². The molecule has 19 heavy (non-hydrogen) atoms. The van der Waals surface area contributed by atoms with E-state index in [0.29, 0.717) is 10.6 Å². The molecular formula is C14H12ClNO3. The van der Waals surface area contributed by atoms with E-state index in [0.717, 1.165) is 5.69 Å². The highest BCUT2D eigenvalue weighted by molar-refractivity contribution is 6.30. The van der Waals surface area contributed by atoms with Crippen molar-refractivity contribution >= 4 is 23.1 Å². The molecule has 0 radical (unpaired) electrons. The van der Waals surface area contributed by atoms with Crippen molar-refractivity contribution in [1.82, 2.24) is 0 Å². The number of benzene rings is 2. The number of anilines is 1. The molecule has 2 rings (SSSR count). The summed E-state index contributed by atoms with van der Waals surface area (Å²) in [6.07, 6.45) is 0. The number of Topliss-reactive ketones (excluding diaryl/α,β-unsaturated/α-hetero) is 1. The Morgan fingerprint density at radius 3 is 2.37 bits per heavy atom. The SMILES string of the molecule is O=C(CNc1ccc(Cl)cc1)c1ccc(O)c(O)c1. The van der Waals surface area contributed by atoms with Gasteiger partial charge in [0.2, 0.25) is 0 Å². The predicted octanol–water partition coefficient (Wildman–Crippen LogP) is 3.05. The smallest absolute Gasteiger partial charge is 0.181 e. The van der Waals surface area contributed by atoms with E-state index in [2.05, 4.69) is 5.32 Å². The standard InChI is InChI=1S/C14H12ClNO3/c15-10-2-4-11(5-3-10)16-8-14(19)9-1-6-12(17)13(18)7-9/h1-7,16-18H,8H2. The molecule has 0 spiro atoms. The fourth-order valence-corrected chi connectivity index (χ4v) is 1.68. The molecule has 0 saturated heterocycles. The van der Waals surface area contributed by atoms with E-state index in [-0.39, 0.29) is 23.8 Å². The second-order valence-corrected chi connectivity index (χ2v) is 4.42. The average Bonchev–Trinajstić information content (AvgIpc) is 2.41. The molecule has 2 aromatic rings. The van der Waals surface area contributed by atoms with Gasteiger partial charge < -0.3 is 15.5 Å². The third-order valence-electron chi connectivity index (χ3n) is 2.59. The van der Waals surface area contributed by atoms with Crippen LogP contribution in [-0.2, 0) is 0 Å². The quantitative estimate of drug-likeness (QED) is 0.593. The predicted molar refractivity (Wildman–Crippen MR) is 74.0 cm³/mol. The molecule has 0 fully saturated rings. The highest BCUT2D eigenvalue weighted by Gasteiger charge is 2.08. The highest BCUT2D eigenvalue weighted by Crippen LogP contribution is 2.25. The van der Waals surface area contributed by atoms with E-state index >= 15 is 0 Å². The molecule has 3 N–H and O–H groups in total. The van der Waals surface area contributed by atoms with Gasteiger partial charge in [-0.3, -0.25) is 4.79 Å². The van der Waals surface area contributed by atoms with Crippen molar-refractivity contribution in [3.63, 3.8) is 0 Å². The lowest BCUT2D eigenvalue weighted by molar-refractivity contribution is 0.101. The Balaban J connectivity index is 2.01. The van der Waals surface area contributed by atoms with Crippen molar-refractivity contribution in [3.05, 3.63) is 53.1 Å². The summed E-state index contributed by atoms with van der Waals surface area (Å²) >= 11 is 5.76. The first-order valence-corrected chi connectivity index (χ1v) is 5.98. The molecule has 0 saturated carbocycles. The zero-order valence-corrected chi connectivity index (χ0v) is 10.7. The van der Waals surface area contributed by atoms with Crippen LogP contribution in [0.2, 0.25) is 5.02 Å². The Hall–Kier alpha value is -2.20. The molecule has 0 bridgehead atoms. The number of hydrogen-bond donors (Lipinski definition) is 3. The van der Waals surface area contributed by atoms with Crippen LogP contribution < -0.4 is 5.32 Å². The number of phenols is 2. The minimum absolute atomic E-state index is 0.0891. The molecule has 5 heteroatoms. The van der Waals surface area contributed by atoms with E-state index in [1.807, 2.05) is 0 Å². The Kier molecular flexibility index (Phi) is 3.92. The molecule has 0 aliphatic carbocycles. The van der Waals surface area contributed by atoms with Gasteiger partial charge in [-0.25, -0.2) is 0 Å². The number of aromatic hydroxyl groups is 2. The number of rotatable bonds is 4. The van der Waals surface area contributed by atoms with Gasteiger partial charge in [0.1, 0.15) is 0 Å². The lowest BCUT2D eigenvalue weighted by Crippen LogP contribution is -2.13. The van der Waals surface area contributed by atoms with Gasteiger partial charge in [0, 0.05) is 16.3 Å². The molecule has 0 aromatic heterocycles. The lowest BCUT2D eigenvalue weighted by Gasteiger charge is -2.06. The van der Waals surface area contributed by atoms with Gasteiger partial charge in [-0.1, -0.05) is 11.6 Å². The summed E-state index contributed by atoms with van der Waals surface area (Å²) in [6, 6.07) is 11.0.